The Morgan fingerprint density at radius 2 is 1.57 bits per heavy atom. The zero-order chi connectivity index (χ0) is 33.6. The van der Waals surface area contributed by atoms with Crippen LogP contribution < -0.4 is 0 Å². The molecule has 7 rings (SSSR count). The van der Waals surface area contributed by atoms with Crippen LogP contribution in [0.4, 0.5) is 0 Å². The summed E-state index contributed by atoms with van der Waals surface area (Å²) in [5.41, 5.74) is 8.63. The van der Waals surface area contributed by atoms with Gasteiger partial charge in [-0.1, -0.05) is 92.7 Å². The van der Waals surface area contributed by atoms with Gasteiger partial charge in [-0.05, 0) is 60.9 Å². The largest absolute Gasteiger partial charge is 0.512 e. The fourth-order valence-electron chi connectivity index (χ4n) is 6.85. The molecule has 3 heterocycles. The number of aliphatic hydroxyl groups is 1. The van der Waals surface area contributed by atoms with Crippen LogP contribution >= 0.6 is 0 Å². The predicted molar refractivity (Wildman–Crippen MR) is 196 cm³/mol. The van der Waals surface area contributed by atoms with Crippen molar-refractivity contribution < 1.29 is 34.4 Å². The van der Waals surface area contributed by atoms with Crippen LogP contribution in [0.15, 0.2) is 108 Å². The van der Waals surface area contributed by atoms with E-state index in [-0.39, 0.29) is 43.5 Å². The van der Waals surface area contributed by atoms with Crippen molar-refractivity contribution in [3.63, 3.8) is 0 Å². The molecule has 49 heavy (non-hydrogen) atoms. The third kappa shape index (κ3) is 7.46. The summed E-state index contributed by atoms with van der Waals surface area (Å²) in [5.74, 6) is 1.58. The van der Waals surface area contributed by atoms with Crippen LogP contribution in [0.2, 0.25) is 0 Å². The first kappa shape index (κ1) is 35.9. The first-order valence-corrected chi connectivity index (χ1v) is 17.3. The van der Waals surface area contributed by atoms with Gasteiger partial charge in [-0.15, -0.1) is 23.6 Å². The summed E-state index contributed by atoms with van der Waals surface area (Å²) < 4.78 is 6.49. The molecule has 1 radical (unpaired) electrons. The van der Waals surface area contributed by atoms with Crippen LogP contribution in [0.3, 0.4) is 0 Å². The molecule has 0 bridgehead atoms. The summed E-state index contributed by atoms with van der Waals surface area (Å²) in [4.78, 5) is 20.8. The Morgan fingerprint density at radius 1 is 0.857 bits per heavy atom. The van der Waals surface area contributed by atoms with Gasteiger partial charge in [-0.25, -0.2) is 0 Å². The number of ketones is 1. The van der Waals surface area contributed by atoms with Crippen LogP contribution in [0.5, 0.6) is 0 Å². The minimum absolute atomic E-state index is 0. The maximum absolute atomic E-state index is 11.7. The van der Waals surface area contributed by atoms with Gasteiger partial charge in [0.1, 0.15) is 11.3 Å². The first-order chi connectivity index (χ1) is 23.5. The van der Waals surface area contributed by atoms with Gasteiger partial charge in [0, 0.05) is 79.7 Å². The third-order valence-electron chi connectivity index (χ3n) is 9.67. The fourth-order valence-corrected chi connectivity index (χ4v) is 6.85. The summed E-state index contributed by atoms with van der Waals surface area (Å²) in [6, 6.07) is 28.9. The van der Waals surface area contributed by atoms with Crippen molar-refractivity contribution in [2.75, 3.05) is 0 Å². The summed E-state index contributed by atoms with van der Waals surface area (Å²) in [7, 11) is 0. The molecule has 0 atom stereocenters. The van der Waals surface area contributed by atoms with Crippen LogP contribution in [0.1, 0.15) is 64.7 Å². The van der Waals surface area contributed by atoms with Gasteiger partial charge in [0.05, 0.1) is 5.76 Å². The van der Waals surface area contributed by atoms with E-state index in [1.165, 1.54) is 39.3 Å². The first-order valence-electron chi connectivity index (χ1n) is 17.3. The van der Waals surface area contributed by atoms with E-state index in [1.807, 2.05) is 52.4 Å². The topological polar surface area (TPSA) is 76.2 Å². The molecule has 0 saturated heterocycles. The summed E-state index contributed by atoms with van der Waals surface area (Å²) in [6.07, 6.45) is 12.4. The van der Waals surface area contributed by atoms with Gasteiger partial charge in [0.25, 0.3) is 0 Å². The summed E-state index contributed by atoms with van der Waals surface area (Å²) >= 11 is 0. The zero-order valence-electron chi connectivity index (χ0n) is 28.6. The maximum atomic E-state index is 11.7. The van der Waals surface area contributed by atoms with Crippen molar-refractivity contribution in [1.29, 1.82) is 0 Å². The van der Waals surface area contributed by atoms with E-state index in [1.54, 1.807) is 0 Å². The van der Waals surface area contributed by atoms with Crippen molar-refractivity contribution in [3.8, 4) is 33.5 Å². The average molecular weight is 828 g/mol. The van der Waals surface area contributed by atoms with Crippen molar-refractivity contribution in [2.24, 2.45) is 11.8 Å². The van der Waals surface area contributed by atoms with Gasteiger partial charge in [0.15, 0.2) is 5.78 Å². The smallest absolute Gasteiger partial charge is 0.162 e. The normalized spacial score (nSPS) is 12.3. The number of aryl methyl sites for hydroxylation is 2. The van der Waals surface area contributed by atoms with Crippen LogP contribution in [0, 0.1) is 17.9 Å². The number of nitrogens with zero attached hydrogens (tertiary/aromatic N) is 2. The van der Waals surface area contributed by atoms with E-state index in [0.29, 0.717) is 0 Å². The average Bonchev–Trinajstić information content (AvgIpc) is 3.52. The Kier molecular flexibility index (Phi) is 12.0. The summed E-state index contributed by atoms with van der Waals surface area (Å²) in [5, 5.41) is 13.1. The second kappa shape index (κ2) is 16.3. The second-order valence-corrected chi connectivity index (χ2v) is 12.5. The van der Waals surface area contributed by atoms with Crippen molar-refractivity contribution >= 4 is 27.5 Å². The van der Waals surface area contributed by atoms with Crippen LogP contribution in [-0.4, -0.2) is 20.9 Å². The van der Waals surface area contributed by atoms with Gasteiger partial charge < -0.3 is 9.52 Å². The maximum Gasteiger partial charge on any atom is 0.162 e. The van der Waals surface area contributed by atoms with E-state index in [0.717, 1.165) is 71.9 Å². The van der Waals surface area contributed by atoms with Gasteiger partial charge >= 0.3 is 0 Å². The number of rotatable bonds is 9. The molecule has 6 heteroatoms. The number of carbonyl (C=O) groups is 1. The third-order valence-corrected chi connectivity index (χ3v) is 9.67. The number of furan rings is 1. The molecule has 1 aliphatic carbocycles. The van der Waals surface area contributed by atoms with E-state index in [2.05, 4.69) is 77.8 Å². The van der Waals surface area contributed by atoms with E-state index in [9.17, 15) is 9.90 Å². The molecule has 253 valence electrons. The standard InChI is InChI=1S/C30H19N2O.C13H24O2.Ir/c1-2-6-19(7-3-1)26-17-22(16-20-8-4-5-9-23(20)26)29-30-25(13-15-32-29)28-24-12-14-31-18-21(24)10-11-27(28)33-30;1-5-10(6-2)12(14)9-13(15)11(7-3)8-4;/h1-9,12-15,17-18H,10-11H2;9-11,14H,5-8H2,1-4H3;/q-1;;/b;12-9-;. The number of hydrogen-bond donors (Lipinski definition) is 1. The molecular formula is C43H43IrN2O3-. The van der Waals surface area contributed by atoms with Gasteiger partial charge in [0.2, 0.25) is 0 Å². The molecule has 0 unspecified atom stereocenters. The molecule has 0 spiro atoms. The van der Waals surface area contributed by atoms with Crippen molar-refractivity contribution in [1.82, 2.24) is 9.97 Å². The SMILES string of the molecule is CCC(CC)C(=O)/C=C(\O)C(CC)CC.[Ir].[c-]1c(-c2nccc3c4c(oc23)CCc2cnccc2-4)cc(-c2ccccc2)c2ccccc12. The molecule has 0 fully saturated rings. The Labute approximate surface area is 302 Å². The monoisotopic (exact) mass is 828 g/mol. The number of aromatic nitrogens is 2. The Bertz CT molecular complexity index is 2070. The molecule has 6 aromatic rings. The Balaban J connectivity index is 0.000000252. The second-order valence-electron chi connectivity index (χ2n) is 12.5. The number of hydrogen-bond acceptors (Lipinski definition) is 5. The number of aliphatic hydroxyl groups excluding tert-OH is 1. The minimum atomic E-state index is 0. The number of carbonyl (C=O) groups excluding carboxylic acids is 1. The van der Waals surface area contributed by atoms with Gasteiger partial charge in [-0.3, -0.25) is 14.8 Å². The molecule has 0 aliphatic heterocycles. The number of allylic oxidation sites excluding steroid dienone is 2. The molecule has 5 nitrogen and oxygen atoms in total. The van der Waals surface area contributed by atoms with Crippen molar-refractivity contribution in [3.05, 3.63) is 121 Å². The quantitative estimate of drug-likeness (QED) is 0.0892. The minimum Gasteiger partial charge on any atom is -0.512 e. The van der Waals surface area contributed by atoms with Crippen LogP contribution in [-0.2, 0) is 37.7 Å². The van der Waals surface area contributed by atoms with E-state index < -0.39 is 0 Å². The zero-order valence-corrected chi connectivity index (χ0v) is 31.0. The van der Waals surface area contributed by atoms with Crippen LogP contribution in [0.25, 0.3) is 55.3 Å². The van der Waals surface area contributed by atoms with Gasteiger partial charge in [-0.2, -0.15) is 0 Å². The molecule has 1 aliphatic rings. The Hall–Kier alpha value is -4.38. The number of benzene rings is 3. The molecule has 3 aromatic heterocycles. The summed E-state index contributed by atoms with van der Waals surface area (Å²) in [6.45, 7) is 8.07. The predicted octanol–water partition coefficient (Wildman–Crippen LogP) is 11.1. The molecule has 1 N–H and O–H groups in total. The van der Waals surface area contributed by atoms with E-state index >= 15 is 0 Å². The molecular weight excluding hydrogens is 785 g/mol. The number of fused-ring (bicyclic) bond motifs is 6. The number of pyridine rings is 2. The molecule has 0 saturated carbocycles. The molecule has 0 amide bonds. The fraction of sp³-hybridized carbons (Fsp3) is 0.279. The van der Waals surface area contributed by atoms with Crippen molar-refractivity contribution in [2.45, 2.75) is 66.2 Å². The van der Waals surface area contributed by atoms with E-state index in [4.69, 9.17) is 9.40 Å². The molecule has 3 aromatic carbocycles. The Morgan fingerprint density at radius 3 is 2.31 bits per heavy atom.